The summed E-state index contributed by atoms with van der Waals surface area (Å²) in [5, 5.41) is 11.7. The number of carboxylic acid groups (broad SMARTS) is 1. The van der Waals surface area contributed by atoms with Gasteiger partial charge in [-0.25, -0.2) is 8.42 Å². The van der Waals surface area contributed by atoms with Gasteiger partial charge in [-0.1, -0.05) is 24.6 Å². The van der Waals surface area contributed by atoms with Crippen molar-refractivity contribution in [3.8, 4) is 0 Å². The van der Waals surface area contributed by atoms with E-state index in [1.54, 1.807) is 24.3 Å². The Morgan fingerprint density at radius 1 is 1.15 bits per heavy atom. The molecule has 144 valence electrons. The van der Waals surface area contributed by atoms with Gasteiger partial charge in [0.05, 0.1) is 10.3 Å². The van der Waals surface area contributed by atoms with E-state index in [4.69, 9.17) is 5.11 Å². The molecule has 0 bridgehead atoms. The number of carboxylic acids is 1. The van der Waals surface area contributed by atoms with Gasteiger partial charge < -0.3 is 10.4 Å². The Morgan fingerprint density at radius 2 is 1.77 bits per heavy atom. The van der Waals surface area contributed by atoms with Crippen LogP contribution in [0.4, 0.5) is 0 Å². The molecular formula is C18H26N2O5S. The monoisotopic (exact) mass is 382 g/mol. The molecule has 0 saturated carbocycles. The van der Waals surface area contributed by atoms with Crippen LogP contribution in [0.3, 0.4) is 0 Å². The number of piperidine rings is 1. The molecule has 2 rings (SSSR count). The number of nitrogens with zero attached hydrogens (tertiary/aromatic N) is 1. The lowest BCUT2D eigenvalue weighted by molar-refractivity contribution is -0.149. The van der Waals surface area contributed by atoms with Crippen LogP contribution in [0, 0.1) is 5.41 Å². The highest BCUT2D eigenvalue weighted by Crippen LogP contribution is 2.24. The fourth-order valence-corrected chi connectivity index (χ4v) is 4.62. The highest BCUT2D eigenvalue weighted by Gasteiger charge is 2.31. The standard InChI is InChI=1S/C18H26N2O5S/c1-18(2,17(22)23)12-16(21)19-13-14-8-4-5-9-15(14)26(24,25)20-10-6-3-7-11-20/h4-5,8-9H,3,6-7,10-13H2,1-2H3,(H,19,21)(H,22,23). The van der Waals surface area contributed by atoms with E-state index < -0.39 is 27.3 Å². The van der Waals surface area contributed by atoms with Crippen molar-refractivity contribution in [1.29, 1.82) is 0 Å². The van der Waals surface area contributed by atoms with Gasteiger partial charge in [-0.15, -0.1) is 0 Å². The summed E-state index contributed by atoms with van der Waals surface area (Å²) in [4.78, 5) is 23.4. The van der Waals surface area contributed by atoms with Gasteiger partial charge in [0.15, 0.2) is 0 Å². The second kappa shape index (κ2) is 8.18. The minimum absolute atomic E-state index is 0.0395. The van der Waals surface area contributed by atoms with Crippen LogP contribution in [0.2, 0.25) is 0 Å². The molecule has 0 atom stereocenters. The molecule has 0 radical (unpaired) electrons. The minimum atomic E-state index is -3.60. The van der Waals surface area contributed by atoms with Crippen molar-refractivity contribution in [3.63, 3.8) is 0 Å². The topological polar surface area (TPSA) is 104 Å². The predicted octanol–water partition coefficient (Wildman–Crippen LogP) is 1.98. The van der Waals surface area contributed by atoms with Crippen LogP contribution in [0.25, 0.3) is 0 Å². The summed E-state index contributed by atoms with van der Waals surface area (Å²) in [6.45, 7) is 4.01. The molecule has 1 amide bonds. The molecule has 1 fully saturated rings. The highest BCUT2D eigenvalue weighted by molar-refractivity contribution is 7.89. The number of hydrogen-bond donors (Lipinski definition) is 2. The third-order valence-electron chi connectivity index (χ3n) is 4.56. The number of rotatable bonds is 7. The smallest absolute Gasteiger partial charge is 0.309 e. The van der Waals surface area contributed by atoms with Gasteiger partial charge in [0, 0.05) is 26.1 Å². The molecule has 1 aliphatic heterocycles. The average Bonchev–Trinajstić information content (AvgIpc) is 2.60. The minimum Gasteiger partial charge on any atom is -0.481 e. The molecule has 2 N–H and O–H groups in total. The van der Waals surface area contributed by atoms with Crippen molar-refractivity contribution in [2.75, 3.05) is 13.1 Å². The maximum absolute atomic E-state index is 12.9. The van der Waals surface area contributed by atoms with Crippen LogP contribution in [0.1, 0.15) is 45.1 Å². The molecule has 1 saturated heterocycles. The zero-order chi connectivity index (χ0) is 19.4. The quantitative estimate of drug-likeness (QED) is 0.750. The number of hydrogen-bond acceptors (Lipinski definition) is 4. The van der Waals surface area contributed by atoms with Gasteiger partial charge in [0.25, 0.3) is 0 Å². The number of carbonyl (C=O) groups is 2. The van der Waals surface area contributed by atoms with E-state index in [-0.39, 0.29) is 17.9 Å². The Labute approximate surface area is 154 Å². The Balaban J connectivity index is 2.12. The molecule has 0 unspecified atom stereocenters. The van der Waals surface area contributed by atoms with Gasteiger partial charge in [-0.3, -0.25) is 9.59 Å². The lowest BCUT2D eigenvalue weighted by Crippen LogP contribution is -2.37. The van der Waals surface area contributed by atoms with Crippen molar-refractivity contribution in [1.82, 2.24) is 9.62 Å². The number of sulfonamides is 1. The summed E-state index contributed by atoms with van der Waals surface area (Å²) >= 11 is 0. The second-order valence-corrected chi connectivity index (χ2v) is 9.12. The lowest BCUT2D eigenvalue weighted by atomic mass is 9.89. The third kappa shape index (κ3) is 4.82. The van der Waals surface area contributed by atoms with E-state index in [0.29, 0.717) is 18.7 Å². The predicted molar refractivity (Wildman–Crippen MR) is 96.9 cm³/mol. The largest absolute Gasteiger partial charge is 0.481 e. The van der Waals surface area contributed by atoms with E-state index in [2.05, 4.69) is 5.32 Å². The van der Waals surface area contributed by atoms with E-state index in [1.807, 2.05) is 0 Å². The molecule has 0 spiro atoms. The van der Waals surface area contributed by atoms with E-state index in [9.17, 15) is 18.0 Å². The Kier molecular flexibility index (Phi) is 6.41. The molecular weight excluding hydrogens is 356 g/mol. The molecule has 1 heterocycles. The molecule has 1 aromatic carbocycles. The van der Waals surface area contributed by atoms with Crippen LogP contribution >= 0.6 is 0 Å². The van der Waals surface area contributed by atoms with E-state index in [0.717, 1.165) is 19.3 Å². The molecule has 26 heavy (non-hydrogen) atoms. The zero-order valence-corrected chi connectivity index (χ0v) is 16.0. The first-order chi connectivity index (χ1) is 12.1. The maximum Gasteiger partial charge on any atom is 0.309 e. The number of benzene rings is 1. The fourth-order valence-electron chi connectivity index (χ4n) is 2.88. The molecule has 0 aromatic heterocycles. The van der Waals surface area contributed by atoms with Crippen molar-refractivity contribution >= 4 is 21.9 Å². The van der Waals surface area contributed by atoms with Gasteiger partial charge in [-0.05, 0) is 38.3 Å². The van der Waals surface area contributed by atoms with Crippen LogP contribution in [0.5, 0.6) is 0 Å². The van der Waals surface area contributed by atoms with Crippen molar-refractivity contribution < 1.29 is 23.1 Å². The lowest BCUT2D eigenvalue weighted by Gasteiger charge is -2.27. The Hall–Kier alpha value is -1.93. The van der Waals surface area contributed by atoms with Crippen LogP contribution in [-0.2, 0) is 26.2 Å². The Morgan fingerprint density at radius 3 is 2.38 bits per heavy atom. The molecule has 1 aromatic rings. The molecule has 8 heteroatoms. The summed E-state index contributed by atoms with van der Waals surface area (Å²) in [5.74, 6) is -1.48. The van der Waals surface area contributed by atoms with Crippen LogP contribution < -0.4 is 5.32 Å². The summed E-state index contributed by atoms with van der Waals surface area (Å²) in [5.41, 5.74) is -0.678. The summed E-state index contributed by atoms with van der Waals surface area (Å²) in [6.07, 6.45) is 2.55. The Bertz CT molecular complexity index is 768. The first kappa shape index (κ1) is 20.4. The van der Waals surface area contributed by atoms with Gasteiger partial charge >= 0.3 is 5.97 Å². The number of aliphatic carboxylic acids is 1. The first-order valence-electron chi connectivity index (χ1n) is 8.73. The third-order valence-corrected chi connectivity index (χ3v) is 6.56. The van der Waals surface area contributed by atoms with Crippen molar-refractivity contribution in [3.05, 3.63) is 29.8 Å². The average molecular weight is 382 g/mol. The highest BCUT2D eigenvalue weighted by atomic mass is 32.2. The van der Waals surface area contributed by atoms with Gasteiger partial charge in [-0.2, -0.15) is 4.31 Å². The van der Waals surface area contributed by atoms with Gasteiger partial charge in [0.1, 0.15) is 0 Å². The first-order valence-corrected chi connectivity index (χ1v) is 10.2. The van der Waals surface area contributed by atoms with Crippen molar-refractivity contribution in [2.24, 2.45) is 5.41 Å². The second-order valence-electron chi connectivity index (χ2n) is 7.22. The molecule has 7 nitrogen and oxygen atoms in total. The van der Waals surface area contributed by atoms with Crippen molar-refractivity contribution in [2.45, 2.75) is 51.0 Å². The SMILES string of the molecule is CC(C)(CC(=O)NCc1ccccc1S(=O)(=O)N1CCCCC1)C(=O)O. The normalized spacial score (nSPS) is 16.2. The van der Waals surface area contributed by atoms with Crippen LogP contribution in [0.15, 0.2) is 29.2 Å². The summed E-state index contributed by atoms with van der Waals surface area (Å²) in [7, 11) is -3.60. The molecule has 1 aliphatic rings. The van der Waals surface area contributed by atoms with Crippen LogP contribution in [-0.4, -0.2) is 42.8 Å². The molecule has 0 aliphatic carbocycles. The number of nitrogens with one attached hydrogen (secondary N) is 1. The van der Waals surface area contributed by atoms with E-state index >= 15 is 0 Å². The maximum atomic E-state index is 12.9. The number of amides is 1. The zero-order valence-electron chi connectivity index (χ0n) is 15.2. The summed E-state index contributed by atoms with van der Waals surface area (Å²) < 4.78 is 27.3. The fraction of sp³-hybridized carbons (Fsp3) is 0.556. The summed E-state index contributed by atoms with van der Waals surface area (Å²) in [6, 6.07) is 6.60. The van der Waals surface area contributed by atoms with E-state index in [1.165, 1.54) is 18.2 Å². The number of carbonyl (C=O) groups excluding carboxylic acids is 1. The van der Waals surface area contributed by atoms with Gasteiger partial charge in [0.2, 0.25) is 15.9 Å².